The lowest BCUT2D eigenvalue weighted by molar-refractivity contribution is -0.384. The van der Waals surface area contributed by atoms with Gasteiger partial charge in [0.05, 0.1) is 11.0 Å². The number of hydrogen-bond acceptors (Lipinski definition) is 5. The molecule has 1 saturated heterocycles. The summed E-state index contributed by atoms with van der Waals surface area (Å²) in [5, 5.41) is 13.8. The average molecular weight is 265 g/mol. The molecule has 0 saturated carbocycles. The molecule has 1 aromatic rings. The van der Waals surface area contributed by atoms with Gasteiger partial charge >= 0.3 is 0 Å². The zero-order valence-corrected chi connectivity index (χ0v) is 11.3. The minimum atomic E-state index is -0.350. The summed E-state index contributed by atoms with van der Waals surface area (Å²) < 4.78 is 5.32. The van der Waals surface area contributed by atoms with Crippen LogP contribution in [0.2, 0.25) is 0 Å². The van der Waals surface area contributed by atoms with Gasteiger partial charge in [-0.25, -0.2) is 0 Å². The van der Waals surface area contributed by atoms with Crippen molar-refractivity contribution in [1.29, 1.82) is 0 Å². The highest BCUT2D eigenvalue weighted by atomic mass is 16.6. The Morgan fingerprint density at radius 2 is 2.37 bits per heavy atom. The first-order valence-electron chi connectivity index (χ1n) is 6.34. The van der Waals surface area contributed by atoms with Crippen LogP contribution in [0.25, 0.3) is 0 Å². The maximum Gasteiger partial charge on any atom is 0.292 e. The molecule has 19 heavy (non-hydrogen) atoms. The summed E-state index contributed by atoms with van der Waals surface area (Å²) in [5.41, 5.74) is 1.63. The number of anilines is 1. The number of nitrogens with one attached hydrogen (secondary N) is 1. The molecule has 1 unspecified atom stereocenters. The standard InChI is InChI=1S/C13H19N3O3/c1-14-12-4-3-10(7-13(12)16(17)18)8-15-6-5-11(9-15)19-2/h3-4,7,11,14H,5-6,8-9H2,1-2H3. The molecule has 2 rings (SSSR count). The summed E-state index contributed by atoms with van der Waals surface area (Å²) in [6.07, 6.45) is 1.30. The smallest absolute Gasteiger partial charge is 0.292 e. The SMILES string of the molecule is CNc1ccc(CN2CCC(OC)C2)cc1[N+](=O)[O-]. The molecule has 1 aliphatic rings. The van der Waals surface area contributed by atoms with Crippen LogP contribution in [0.1, 0.15) is 12.0 Å². The molecule has 1 aliphatic heterocycles. The van der Waals surface area contributed by atoms with Crippen LogP contribution in [0.5, 0.6) is 0 Å². The number of benzene rings is 1. The van der Waals surface area contributed by atoms with Crippen molar-refractivity contribution in [2.24, 2.45) is 0 Å². The van der Waals surface area contributed by atoms with Gasteiger partial charge in [0.15, 0.2) is 0 Å². The number of nitrogens with zero attached hydrogens (tertiary/aromatic N) is 2. The molecule has 104 valence electrons. The molecule has 0 amide bonds. The van der Waals surface area contributed by atoms with E-state index in [4.69, 9.17) is 4.74 Å². The van der Waals surface area contributed by atoms with Gasteiger partial charge in [-0.3, -0.25) is 15.0 Å². The van der Waals surface area contributed by atoms with Gasteiger partial charge < -0.3 is 10.1 Å². The van der Waals surface area contributed by atoms with E-state index in [1.165, 1.54) is 0 Å². The predicted molar refractivity (Wildman–Crippen MR) is 73.3 cm³/mol. The fourth-order valence-corrected chi connectivity index (χ4v) is 2.43. The van der Waals surface area contributed by atoms with Crippen LogP contribution in [-0.2, 0) is 11.3 Å². The Labute approximate surface area is 112 Å². The second-order valence-corrected chi connectivity index (χ2v) is 4.74. The van der Waals surface area contributed by atoms with Gasteiger partial charge in [0, 0.05) is 39.9 Å². The predicted octanol–water partition coefficient (Wildman–Crippen LogP) is 1.86. The minimum Gasteiger partial charge on any atom is -0.383 e. The topological polar surface area (TPSA) is 67.6 Å². The van der Waals surface area contributed by atoms with E-state index in [0.29, 0.717) is 5.69 Å². The average Bonchev–Trinajstić information content (AvgIpc) is 2.86. The molecule has 0 spiro atoms. The summed E-state index contributed by atoms with van der Waals surface area (Å²) in [5.74, 6) is 0. The second-order valence-electron chi connectivity index (χ2n) is 4.74. The molecule has 6 heteroatoms. The van der Waals surface area contributed by atoms with Gasteiger partial charge in [0.2, 0.25) is 0 Å². The quantitative estimate of drug-likeness (QED) is 0.650. The lowest BCUT2D eigenvalue weighted by Gasteiger charge is -2.15. The number of rotatable bonds is 5. The highest BCUT2D eigenvalue weighted by Gasteiger charge is 2.22. The number of nitro groups is 1. The van der Waals surface area contributed by atoms with Gasteiger partial charge in [0.25, 0.3) is 5.69 Å². The van der Waals surface area contributed by atoms with E-state index in [0.717, 1.165) is 31.6 Å². The Morgan fingerprint density at radius 1 is 1.58 bits per heavy atom. The first-order valence-corrected chi connectivity index (χ1v) is 6.34. The van der Waals surface area contributed by atoms with Crippen molar-refractivity contribution < 1.29 is 9.66 Å². The maximum absolute atomic E-state index is 11.0. The molecule has 0 aromatic heterocycles. The van der Waals surface area contributed by atoms with Crippen molar-refractivity contribution in [3.63, 3.8) is 0 Å². The highest BCUT2D eigenvalue weighted by Crippen LogP contribution is 2.26. The Morgan fingerprint density at radius 3 is 2.95 bits per heavy atom. The van der Waals surface area contributed by atoms with Gasteiger partial charge in [0.1, 0.15) is 5.69 Å². The zero-order valence-electron chi connectivity index (χ0n) is 11.3. The monoisotopic (exact) mass is 265 g/mol. The second kappa shape index (κ2) is 5.99. The first kappa shape index (κ1) is 13.8. The van der Waals surface area contributed by atoms with E-state index in [9.17, 15) is 10.1 Å². The van der Waals surface area contributed by atoms with E-state index >= 15 is 0 Å². The van der Waals surface area contributed by atoms with E-state index in [1.54, 1.807) is 26.3 Å². The Kier molecular flexibility index (Phi) is 4.34. The number of nitro benzene ring substituents is 1. The Hall–Kier alpha value is -1.66. The maximum atomic E-state index is 11.0. The van der Waals surface area contributed by atoms with Crippen LogP contribution in [0.15, 0.2) is 18.2 Å². The first-order chi connectivity index (χ1) is 9.13. The molecule has 1 N–H and O–H groups in total. The van der Waals surface area contributed by atoms with Crippen molar-refractivity contribution in [3.8, 4) is 0 Å². The van der Waals surface area contributed by atoms with Crippen molar-refractivity contribution in [1.82, 2.24) is 4.90 Å². The van der Waals surface area contributed by atoms with Crippen molar-refractivity contribution in [2.45, 2.75) is 19.1 Å². The third-order valence-electron chi connectivity index (χ3n) is 3.50. The Balaban J connectivity index is 2.09. The van der Waals surface area contributed by atoms with Gasteiger partial charge in [-0.2, -0.15) is 0 Å². The summed E-state index contributed by atoms with van der Waals surface area (Å²) in [4.78, 5) is 12.9. The minimum absolute atomic E-state index is 0.127. The molecular formula is C13H19N3O3. The van der Waals surface area contributed by atoms with Crippen molar-refractivity contribution in [3.05, 3.63) is 33.9 Å². The van der Waals surface area contributed by atoms with E-state index in [1.807, 2.05) is 6.07 Å². The molecule has 1 atom stereocenters. The summed E-state index contributed by atoms with van der Waals surface area (Å²) in [6, 6.07) is 5.34. The lowest BCUT2D eigenvalue weighted by atomic mass is 10.1. The molecule has 6 nitrogen and oxygen atoms in total. The van der Waals surface area contributed by atoms with Crippen LogP contribution < -0.4 is 5.32 Å². The van der Waals surface area contributed by atoms with Crippen LogP contribution in [-0.4, -0.2) is 43.2 Å². The number of ether oxygens (including phenoxy) is 1. The van der Waals surface area contributed by atoms with Crippen molar-refractivity contribution >= 4 is 11.4 Å². The molecular weight excluding hydrogens is 246 g/mol. The van der Waals surface area contributed by atoms with E-state index in [2.05, 4.69) is 10.2 Å². The molecule has 0 bridgehead atoms. The molecule has 1 heterocycles. The fourth-order valence-electron chi connectivity index (χ4n) is 2.43. The lowest BCUT2D eigenvalue weighted by Crippen LogP contribution is -2.22. The van der Waals surface area contributed by atoms with Gasteiger partial charge in [-0.15, -0.1) is 0 Å². The van der Waals surface area contributed by atoms with Gasteiger partial charge in [-0.05, 0) is 18.1 Å². The van der Waals surface area contributed by atoms with Crippen LogP contribution in [0, 0.1) is 10.1 Å². The van der Waals surface area contributed by atoms with Crippen LogP contribution >= 0.6 is 0 Å². The largest absolute Gasteiger partial charge is 0.383 e. The van der Waals surface area contributed by atoms with E-state index in [-0.39, 0.29) is 16.7 Å². The third kappa shape index (κ3) is 3.21. The van der Waals surface area contributed by atoms with Crippen LogP contribution in [0.4, 0.5) is 11.4 Å². The molecule has 0 aliphatic carbocycles. The number of hydrogen-bond donors (Lipinski definition) is 1. The normalized spacial score (nSPS) is 19.6. The number of methoxy groups -OCH3 is 1. The van der Waals surface area contributed by atoms with Crippen molar-refractivity contribution in [2.75, 3.05) is 32.6 Å². The van der Waals surface area contributed by atoms with Crippen LogP contribution in [0.3, 0.4) is 0 Å². The molecule has 1 fully saturated rings. The summed E-state index contributed by atoms with van der Waals surface area (Å²) >= 11 is 0. The molecule has 0 radical (unpaired) electrons. The summed E-state index contributed by atoms with van der Waals surface area (Å²) in [6.45, 7) is 2.59. The third-order valence-corrected chi connectivity index (χ3v) is 3.50. The fraction of sp³-hybridized carbons (Fsp3) is 0.538. The highest BCUT2D eigenvalue weighted by molar-refractivity contribution is 5.62. The zero-order chi connectivity index (χ0) is 13.8. The van der Waals surface area contributed by atoms with Gasteiger partial charge in [-0.1, -0.05) is 6.07 Å². The summed E-state index contributed by atoms with van der Waals surface area (Å²) in [7, 11) is 3.41. The Bertz CT molecular complexity index is 464. The number of likely N-dealkylation sites (tertiary alicyclic amines) is 1. The van der Waals surface area contributed by atoms with E-state index < -0.39 is 0 Å². The molecule has 1 aromatic carbocycles.